The maximum Gasteiger partial charge on any atom is 0.225 e. The van der Waals surface area contributed by atoms with Crippen LogP contribution < -0.4 is 5.32 Å². The van der Waals surface area contributed by atoms with Gasteiger partial charge in [0.2, 0.25) is 5.91 Å². The molecule has 134 valence electrons. The molecule has 0 bridgehead atoms. The van der Waals surface area contributed by atoms with Crippen molar-refractivity contribution in [1.82, 2.24) is 9.97 Å². The third-order valence-electron chi connectivity index (χ3n) is 3.71. The van der Waals surface area contributed by atoms with Crippen LogP contribution in [0.3, 0.4) is 0 Å². The number of thiazole rings is 1. The van der Waals surface area contributed by atoms with Crippen molar-refractivity contribution in [2.45, 2.75) is 26.4 Å². The molecule has 7 heteroatoms. The van der Waals surface area contributed by atoms with Crippen molar-refractivity contribution in [2.75, 3.05) is 5.32 Å². The molecular weight excluding hydrogens is 370 g/mol. The highest BCUT2D eigenvalue weighted by Crippen LogP contribution is 2.39. The molecule has 1 aromatic carbocycles. The molecule has 26 heavy (non-hydrogen) atoms. The minimum atomic E-state index is -0.673. The molecule has 2 aromatic heterocycles. The lowest BCUT2D eigenvalue weighted by Gasteiger charge is -2.06. The number of anilines is 1. The summed E-state index contributed by atoms with van der Waals surface area (Å²) in [5.41, 5.74) is 2.48. The van der Waals surface area contributed by atoms with Crippen molar-refractivity contribution < 1.29 is 9.90 Å². The SMILES string of the molecule is CCC(=O)Nc1cc(-c2sc(C(C)O)nc2-c2cccc(Cl)c2)ccn1. The van der Waals surface area contributed by atoms with E-state index in [0.29, 0.717) is 22.3 Å². The first-order valence-electron chi connectivity index (χ1n) is 8.19. The van der Waals surface area contributed by atoms with E-state index in [-0.39, 0.29) is 5.91 Å². The van der Waals surface area contributed by atoms with E-state index in [1.54, 1.807) is 32.2 Å². The summed E-state index contributed by atoms with van der Waals surface area (Å²) < 4.78 is 0. The van der Waals surface area contributed by atoms with E-state index in [1.165, 1.54) is 11.3 Å². The summed E-state index contributed by atoms with van der Waals surface area (Å²) in [7, 11) is 0. The van der Waals surface area contributed by atoms with Crippen molar-refractivity contribution in [3.05, 3.63) is 52.6 Å². The van der Waals surface area contributed by atoms with Crippen LogP contribution in [0, 0.1) is 0 Å². The van der Waals surface area contributed by atoms with Crippen molar-refractivity contribution in [3.63, 3.8) is 0 Å². The van der Waals surface area contributed by atoms with E-state index >= 15 is 0 Å². The van der Waals surface area contributed by atoms with E-state index in [0.717, 1.165) is 21.7 Å². The van der Waals surface area contributed by atoms with Crippen molar-refractivity contribution in [2.24, 2.45) is 0 Å². The summed E-state index contributed by atoms with van der Waals surface area (Å²) >= 11 is 7.54. The van der Waals surface area contributed by atoms with Crippen LogP contribution in [0.5, 0.6) is 0 Å². The zero-order valence-corrected chi connectivity index (χ0v) is 15.9. The summed E-state index contributed by atoms with van der Waals surface area (Å²) in [4.78, 5) is 21.3. The Kier molecular flexibility index (Phi) is 5.66. The Balaban J connectivity index is 2.09. The van der Waals surface area contributed by atoms with E-state index in [2.05, 4.69) is 15.3 Å². The minimum Gasteiger partial charge on any atom is -0.386 e. The summed E-state index contributed by atoms with van der Waals surface area (Å²) in [5, 5.41) is 14.0. The van der Waals surface area contributed by atoms with E-state index < -0.39 is 6.10 Å². The fraction of sp³-hybridized carbons (Fsp3) is 0.211. The lowest BCUT2D eigenvalue weighted by atomic mass is 10.1. The molecule has 0 fully saturated rings. The normalized spacial score (nSPS) is 12.0. The second-order valence-corrected chi connectivity index (χ2v) is 7.21. The number of carbonyl (C=O) groups excluding carboxylic acids is 1. The molecule has 0 saturated carbocycles. The zero-order chi connectivity index (χ0) is 18.7. The van der Waals surface area contributed by atoms with Crippen LogP contribution in [-0.2, 0) is 4.79 Å². The number of carbonyl (C=O) groups is 1. The van der Waals surface area contributed by atoms with Crippen molar-refractivity contribution in [1.29, 1.82) is 0 Å². The first-order chi connectivity index (χ1) is 12.5. The molecule has 0 aliphatic heterocycles. The Bertz CT molecular complexity index is 940. The fourth-order valence-corrected chi connectivity index (χ4v) is 3.63. The molecule has 2 N–H and O–H groups in total. The lowest BCUT2D eigenvalue weighted by Crippen LogP contribution is -2.10. The Hall–Kier alpha value is -2.28. The molecule has 1 atom stereocenters. The molecule has 0 aliphatic carbocycles. The van der Waals surface area contributed by atoms with Crippen LogP contribution in [0.1, 0.15) is 31.4 Å². The topological polar surface area (TPSA) is 75.1 Å². The number of hydrogen-bond donors (Lipinski definition) is 2. The number of amides is 1. The number of hydrogen-bond acceptors (Lipinski definition) is 5. The fourth-order valence-electron chi connectivity index (χ4n) is 2.41. The Morgan fingerprint density at radius 3 is 2.81 bits per heavy atom. The maximum absolute atomic E-state index is 11.6. The molecule has 0 aliphatic rings. The van der Waals surface area contributed by atoms with Crippen LogP contribution in [0.15, 0.2) is 42.6 Å². The van der Waals surface area contributed by atoms with Gasteiger partial charge in [0.15, 0.2) is 0 Å². The summed E-state index contributed by atoms with van der Waals surface area (Å²) in [5.74, 6) is 0.386. The highest BCUT2D eigenvalue weighted by molar-refractivity contribution is 7.15. The largest absolute Gasteiger partial charge is 0.386 e. The number of nitrogens with one attached hydrogen (secondary N) is 1. The molecule has 0 spiro atoms. The van der Waals surface area contributed by atoms with Gasteiger partial charge >= 0.3 is 0 Å². The molecule has 2 heterocycles. The zero-order valence-electron chi connectivity index (χ0n) is 14.4. The predicted molar refractivity (Wildman–Crippen MR) is 105 cm³/mol. The quantitative estimate of drug-likeness (QED) is 0.651. The molecule has 1 unspecified atom stereocenters. The van der Waals surface area contributed by atoms with Gasteiger partial charge in [0.1, 0.15) is 16.9 Å². The number of aliphatic hydroxyl groups is 1. The summed E-state index contributed by atoms with van der Waals surface area (Å²) in [6, 6.07) is 11.1. The Morgan fingerprint density at radius 1 is 1.31 bits per heavy atom. The summed E-state index contributed by atoms with van der Waals surface area (Å²) in [6.45, 7) is 3.47. The standard InChI is InChI=1S/C19H18ClN3O2S/c1-3-16(25)22-15-10-13(7-8-21-15)18-17(23-19(26-18)11(2)24)12-5-4-6-14(20)9-12/h4-11,24H,3H2,1-2H3,(H,21,22,25). The molecule has 0 saturated heterocycles. The van der Waals surface area contributed by atoms with Gasteiger partial charge in [-0.3, -0.25) is 4.79 Å². The average molecular weight is 388 g/mol. The van der Waals surface area contributed by atoms with Gasteiger partial charge in [0.05, 0.1) is 10.6 Å². The number of aliphatic hydroxyl groups excluding tert-OH is 1. The van der Waals surface area contributed by atoms with Crippen LogP contribution in [0.2, 0.25) is 5.02 Å². The number of aromatic nitrogens is 2. The van der Waals surface area contributed by atoms with Crippen molar-refractivity contribution in [3.8, 4) is 21.7 Å². The van der Waals surface area contributed by atoms with E-state index in [4.69, 9.17) is 11.6 Å². The Labute approximate surface area is 160 Å². The van der Waals surface area contributed by atoms with Gasteiger partial charge in [-0.1, -0.05) is 30.7 Å². The third-order valence-corrected chi connectivity index (χ3v) is 5.22. The number of benzene rings is 1. The molecule has 1 amide bonds. The average Bonchev–Trinajstić information content (AvgIpc) is 3.07. The molecule has 5 nitrogen and oxygen atoms in total. The van der Waals surface area contributed by atoms with Gasteiger partial charge in [0.25, 0.3) is 0 Å². The van der Waals surface area contributed by atoms with E-state index in [9.17, 15) is 9.90 Å². The highest BCUT2D eigenvalue weighted by atomic mass is 35.5. The smallest absolute Gasteiger partial charge is 0.225 e. The second-order valence-electron chi connectivity index (χ2n) is 5.75. The van der Waals surface area contributed by atoms with E-state index in [1.807, 2.05) is 24.3 Å². The van der Waals surface area contributed by atoms with Gasteiger partial charge in [-0.05, 0) is 36.8 Å². The monoisotopic (exact) mass is 387 g/mol. The number of halogens is 1. The van der Waals surface area contributed by atoms with Crippen LogP contribution in [0.4, 0.5) is 5.82 Å². The first-order valence-corrected chi connectivity index (χ1v) is 9.38. The van der Waals surface area contributed by atoms with Gasteiger partial charge < -0.3 is 10.4 Å². The predicted octanol–water partition coefficient (Wildman–Crippen LogP) is 4.93. The minimum absolute atomic E-state index is 0.0984. The maximum atomic E-state index is 11.6. The van der Waals surface area contributed by atoms with Gasteiger partial charge in [-0.2, -0.15) is 0 Å². The second kappa shape index (κ2) is 7.95. The van der Waals surface area contributed by atoms with Gasteiger partial charge in [0, 0.05) is 23.2 Å². The third kappa shape index (κ3) is 4.09. The number of rotatable bonds is 5. The number of pyridine rings is 1. The molecular formula is C19H18ClN3O2S. The van der Waals surface area contributed by atoms with Crippen molar-refractivity contribution >= 4 is 34.7 Å². The summed E-state index contributed by atoms with van der Waals surface area (Å²) in [6.07, 6.45) is 1.35. The lowest BCUT2D eigenvalue weighted by molar-refractivity contribution is -0.115. The van der Waals surface area contributed by atoms with Gasteiger partial charge in [-0.25, -0.2) is 9.97 Å². The molecule has 0 radical (unpaired) electrons. The molecule has 3 rings (SSSR count). The van der Waals surface area contributed by atoms with Crippen LogP contribution in [-0.4, -0.2) is 21.0 Å². The number of nitrogens with zero attached hydrogens (tertiary/aromatic N) is 2. The molecule has 3 aromatic rings. The van der Waals surface area contributed by atoms with Gasteiger partial charge in [-0.15, -0.1) is 11.3 Å². The van der Waals surface area contributed by atoms with Crippen LogP contribution in [0.25, 0.3) is 21.7 Å². The highest BCUT2D eigenvalue weighted by Gasteiger charge is 2.18. The van der Waals surface area contributed by atoms with Crippen LogP contribution >= 0.6 is 22.9 Å². The first kappa shape index (κ1) is 18.5. The Morgan fingerprint density at radius 2 is 2.12 bits per heavy atom.